The molecule has 3 N–H and O–H groups in total. The van der Waals surface area contributed by atoms with Crippen LogP contribution in [0.3, 0.4) is 0 Å². The van der Waals surface area contributed by atoms with Crippen LogP contribution in [0.25, 0.3) is 0 Å². The summed E-state index contributed by atoms with van der Waals surface area (Å²) < 4.78 is 22.6. The van der Waals surface area contributed by atoms with Crippen LogP contribution in [0.5, 0.6) is 0 Å². The number of allylic oxidation sites excluding steroid dienone is 2. The van der Waals surface area contributed by atoms with Crippen molar-refractivity contribution in [3.63, 3.8) is 0 Å². The molecule has 0 bridgehead atoms. The minimum absolute atomic E-state index is 0.569. The minimum Gasteiger partial charge on any atom is -0.397 e. The van der Waals surface area contributed by atoms with E-state index in [1.807, 2.05) is 0 Å². The zero-order valence-corrected chi connectivity index (χ0v) is 4.07. The van der Waals surface area contributed by atoms with Crippen molar-refractivity contribution in [3.8, 4) is 0 Å². The van der Waals surface area contributed by atoms with Crippen LogP contribution in [0.15, 0.2) is 11.8 Å². The summed E-state index contributed by atoms with van der Waals surface area (Å²) >= 11 is 0. The number of hydrogen-bond donors (Lipinski definition) is 2. The highest BCUT2D eigenvalue weighted by molar-refractivity contribution is 5.68. The van der Waals surface area contributed by atoms with Gasteiger partial charge in [-0.15, -0.1) is 0 Å². The van der Waals surface area contributed by atoms with Crippen molar-refractivity contribution in [3.05, 3.63) is 11.8 Å². The average molecular weight is 120 g/mol. The van der Waals surface area contributed by atoms with Gasteiger partial charge in [-0.25, -0.2) is 8.78 Å². The van der Waals surface area contributed by atoms with Crippen LogP contribution >= 0.6 is 0 Å². The summed E-state index contributed by atoms with van der Waals surface area (Å²) in [6.07, 6.45) is -1.07. The molecule has 0 spiro atoms. The number of halogens is 2. The Morgan fingerprint density at radius 3 is 2.25 bits per heavy atom. The quantitative estimate of drug-likeness (QED) is 0.519. The number of rotatable bonds is 2. The topological polar surface area (TPSA) is 49.9 Å². The van der Waals surface area contributed by atoms with Crippen molar-refractivity contribution in [2.24, 2.45) is 5.73 Å². The molecular weight excluding hydrogens is 114 g/mol. The Morgan fingerprint density at radius 2 is 2.12 bits per heavy atom. The molecule has 0 aliphatic heterocycles. The molecular formula is C4H6F2N2. The van der Waals surface area contributed by atoms with Crippen molar-refractivity contribution in [2.45, 2.75) is 6.43 Å². The Bertz CT molecular complexity index is 109. The van der Waals surface area contributed by atoms with Gasteiger partial charge in [0.2, 0.25) is 0 Å². The molecule has 4 heteroatoms. The largest absolute Gasteiger partial charge is 0.397 e. The van der Waals surface area contributed by atoms with Gasteiger partial charge in [0.25, 0.3) is 6.43 Å². The van der Waals surface area contributed by atoms with Gasteiger partial charge in [0.05, 0.1) is 5.70 Å². The van der Waals surface area contributed by atoms with Crippen molar-refractivity contribution in [1.82, 2.24) is 0 Å². The van der Waals surface area contributed by atoms with E-state index in [9.17, 15) is 8.78 Å². The van der Waals surface area contributed by atoms with Gasteiger partial charge < -0.3 is 11.1 Å². The smallest absolute Gasteiger partial charge is 0.277 e. The summed E-state index contributed by atoms with van der Waals surface area (Å²) in [6.45, 7) is 0. The van der Waals surface area contributed by atoms with Crippen molar-refractivity contribution >= 4 is 6.21 Å². The summed E-state index contributed by atoms with van der Waals surface area (Å²) in [6, 6.07) is 0. The maximum atomic E-state index is 11.3. The van der Waals surface area contributed by atoms with Crippen LogP contribution in [0, 0.1) is 5.41 Å². The Labute approximate surface area is 45.5 Å². The van der Waals surface area contributed by atoms with E-state index < -0.39 is 12.1 Å². The lowest BCUT2D eigenvalue weighted by Gasteiger charge is -1.92. The van der Waals surface area contributed by atoms with Gasteiger partial charge in [-0.3, -0.25) is 0 Å². The predicted molar refractivity (Wildman–Crippen MR) is 27.1 cm³/mol. The van der Waals surface area contributed by atoms with Gasteiger partial charge in [-0.2, -0.15) is 0 Å². The van der Waals surface area contributed by atoms with Crippen LogP contribution in [-0.4, -0.2) is 12.6 Å². The first-order valence-corrected chi connectivity index (χ1v) is 1.92. The van der Waals surface area contributed by atoms with E-state index in [-0.39, 0.29) is 0 Å². The zero-order valence-electron chi connectivity index (χ0n) is 4.07. The van der Waals surface area contributed by atoms with E-state index in [1.54, 1.807) is 0 Å². The maximum absolute atomic E-state index is 11.3. The average Bonchev–Trinajstić information content (AvgIpc) is 1.67. The molecule has 0 aromatic carbocycles. The maximum Gasteiger partial charge on any atom is 0.277 e. The van der Waals surface area contributed by atoms with Gasteiger partial charge in [0.15, 0.2) is 0 Å². The van der Waals surface area contributed by atoms with E-state index in [0.29, 0.717) is 0 Å². The van der Waals surface area contributed by atoms with Crippen LogP contribution in [0.4, 0.5) is 8.78 Å². The molecule has 2 nitrogen and oxygen atoms in total. The first-order chi connectivity index (χ1) is 3.68. The van der Waals surface area contributed by atoms with E-state index in [2.05, 4.69) is 5.73 Å². The van der Waals surface area contributed by atoms with Crippen molar-refractivity contribution in [1.29, 1.82) is 5.41 Å². The molecule has 0 fully saturated rings. The monoisotopic (exact) mass is 120 g/mol. The standard InChI is InChI=1S/C4H6F2N2/c5-4(6)3(8)1-2-7/h1-2,4,7H,8H2/b3-1-,7-2?. The van der Waals surface area contributed by atoms with Gasteiger partial charge in [-0.1, -0.05) is 0 Å². The second-order valence-corrected chi connectivity index (χ2v) is 1.13. The SMILES string of the molecule is N=C/C=C(\N)C(F)F. The van der Waals surface area contributed by atoms with E-state index in [1.165, 1.54) is 0 Å². The fourth-order valence-electron chi connectivity index (χ4n) is 0.169. The van der Waals surface area contributed by atoms with Gasteiger partial charge in [0.1, 0.15) is 0 Å². The zero-order chi connectivity index (χ0) is 6.57. The first kappa shape index (κ1) is 7.07. The number of nitrogens with two attached hydrogens (primary N) is 1. The van der Waals surface area contributed by atoms with E-state index in [0.717, 1.165) is 12.3 Å². The molecule has 0 radical (unpaired) electrons. The minimum atomic E-state index is -2.64. The van der Waals surface area contributed by atoms with Crippen LogP contribution in [-0.2, 0) is 0 Å². The number of nitrogens with one attached hydrogen (secondary N) is 1. The van der Waals surface area contributed by atoms with E-state index in [4.69, 9.17) is 5.41 Å². The summed E-state index contributed by atoms with van der Waals surface area (Å²) in [7, 11) is 0. The molecule has 0 rings (SSSR count). The highest BCUT2D eigenvalue weighted by Crippen LogP contribution is 1.98. The fourth-order valence-corrected chi connectivity index (χ4v) is 0.169. The first-order valence-electron chi connectivity index (χ1n) is 1.92. The Hall–Kier alpha value is -0.930. The summed E-state index contributed by atoms with van der Waals surface area (Å²) in [5, 5.41) is 6.31. The summed E-state index contributed by atoms with van der Waals surface area (Å²) in [4.78, 5) is 0. The second-order valence-electron chi connectivity index (χ2n) is 1.13. The van der Waals surface area contributed by atoms with Gasteiger partial charge in [-0.05, 0) is 6.08 Å². The second kappa shape index (κ2) is 3.12. The highest BCUT2D eigenvalue weighted by Gasteiger charge is 2.02. The third-order valence-electron chi connectivity index (χ3n) is 0.528. The van der Waals surface area contributed by atoms with Crippen LogP contribution in [0.2, 0.25) is 0 Å². The molecule has 46 valence electrons. The molecule has 0 saturated carbocycles. The Kier molecular flexibility index (Phi) is 2.76. The van der Waals surface area contributed by atoms with Crippen LogP contribution in [0.1, 0.15) is 0 Å². The van der Waals surface area contributed by atoms with Crippen LogP contribution < -0.4 is 5.73 Å². The van der Waals surface area contributed by atoms with Crippen molar-refractivity contribution < 1.29 is 8.78 Å². The molecule has 0 saturated heterocycles. The van der Waals surface area contributed by atoms with E-state index >= 15 is 0 Å². The summed E-state index contributed by atoms with van der Waals surface area (Å²) in [5.41, 5.74) is 4.12. The molecule has 0 aromatic heterocycles. The molecule has 0 unspecified atom stereocenters. The predicted octanol–water partition coefficient (Wildman–Crippen LogP) is 0.744. The molecule has 0 aromatic rings. The molecule has 0 amide bonds. The Morgan fingerprint density at radius 1 is 1.62 bits per heavy atom. The van der Waals surface area contributed by atoms with Crippen molar-refractivity contribution in [2.75, 3.05) is 0 Å². The molecule has 0 aliphatic rings. The third kappa shape index (κ3) is 2.28. The van der Waals surface area contributed by atoms with Gasteiger partial charge in [0, 0.05) is 6.21 Å². The molecule has 8 heavy (non-hydrogen) atoms. The normalized spacial score (nSPS) is 12.1. The molecule has 0 aliphatic carbocycles. The molecule has 0 heterocycles. The lowest BCUT2D eigenvalue weighted by Crippen LogP contribution is -2.06. The van der Waals surface area contributed by atoms with Gasteiger partial charge >= 0.3 is 0 Å². The summed E-state index contributed by atoms with van der Waals surface area (Å²) in [5.74, 6) is 0. The highest BCUT2D eigenvalue weighted by atomic mass is 19.3. The fraction of sp³-hybridized carbons (Fsp3) is 0.250. The molecule has 0 atom stereocenters. The third-order valence-corrected chi connectivity index (χ3v) is 0.528. The number of alkyl halides is 2. The Balaban J connectivity index is 3.78. The lowest BCUT2D eigenvalue weighted by molar-refractivity contribution is 0.188. The lowest BCUT2D eigenvalue weighted by atomic mass is 10.4. The number of hydrogen-bond acceptors (Lipinski definition) is 2.